The zero-order chi connectivity index (χ0) is 35.6. The predicted octanol–water partition coefficient (Wildman–Crippen LogP) is 8.51. The number of rotatable bonds is 4. The van der Waals surface area contributed by atoms with Gasteiger partial charge < -0.3 is 19.4 Å². The summed E-state index contributed by atoms with van der Waals surface area (Å²) in [7, 11) is 0. The minimum atomic E-state index is -0.584. The van der Waals surface area contributed by atoms with Crippen molar-refractivity contribution in [3.8, 4) is 33.6 Å². The van der Waals surface area contributed by atoms with Gasteiger partial charge in [0.2, 0.25) is 0 Å². The Morgan fingerprint density at radius 3 is 1.96 bits per heavy atom. The van der Waals surface area contributed by atoms with Gasteiger partial charge in [0, 0.05) is 28.9 Å². The van der Waals surface area contributed by atoms with Crippen LogP contribution in [0.15, 0.2) is 42.6 Å². The summed E-state index contributed by atoms with van der Waals surface area (Å²) in [5.74, 6) is 2.11. The van der Waals surface area contributed by atoms with Gasteiger partial charge in [-0.15, -0.1) is 0 Å². The Morgan fingerprint density at radius 1 is 0.765 bits per heavy atom. The van der Waals surface area contributed by atoms with Crippen LogP contribution < -0.4 is 0 Å². The highest BCUT2D eigenvalue weighted by atomic mass is 19.1. The van der Waals surface area contributed by atoms with Crippen molar-refractivity contribution in [2.75, 3.05) is 0 Å². The number of imidazole rings is 2. The number of halogens is 1. The lowest BCUT2D eigenvalue weighted by Crippen LogP contribution is -2.38. The van der Waals surface area contributed by atoms with E-state index >= 15 is 4.39 Å². The summed E-state index contributed by atoms with van der Waals surface area (Å²) in [6.07, 6.45) is 6.45. The van der Waals surface area contributed by atoms with Gasteiger partial charge in [-0.3, -0.25) is 9.80 Å². The van der Waals surface area contributed by atoms with Crippen LogP contribution in [0.2, 0.25) is 0 Å². The molecule has 10 nitrogen and oxygen atoms in total. The van der Waals surface area contributed by atoms with Gasteiger partial charge in [0.1, 0.15) is 28.7 Å². The Morgan fingerprint density at radius 2 is 1.35 bits per heavy atom. The maximum atomic E-state index is 15.8. The lowest BCUT2D eigenvalue weighted by Gasteiger charge is -2.29. The monoisotopic (exact) mass is 692 g/mol. The summed E-state index contributed by atoms with van der Waals surface area (Å²) in [5.41, 5.74) is 5.87. The largest absolute Gasteiger partial charge is 0.444 e. The first-order valence-electron chi connectivity index (χ1n) is 18.3. The number of nitrogens with zero attached hydrogens (tertiary/aromatic N) is 4. The van der Waals surface area contributed by atoms with Crippen molar-refractivity contribution >= 4 is 12.2 Å². The second-order valence-electron chi connectivity index (χ2n) is 17.1. The van der Waals surface area contributed by atoms with Crippen LogP contribution in [-0.2, 0) is 22.3 Å². The normalized spacial score (nSPS) is 25.9. The molecule has 2 aromatic heterocycles. The van der Waals surface area contributed by atoms with Crippen LogP contribution in [0.1, 0.15) is 102 Å². The van der Waals surface area contributed by atoms with Crippen molar-refractivity contribution in [1.29, 1.82) is 0 Å². The molecule has 2 saturated carbocycles. The van der Waals surface area contributed by atoms with E-state index < -0.39 is 11.2 Å². The molecule has 4 fully saturated rings. The third-order valence-corrected chi connectivity index (χ3v) is 11.0. The van der Waals surface area contributed by atoms with Crippen molar-refractivity contribution in [2.45, 2.75) is 115 Å². The van der Waals surface area contributed by atoms with Crippen LogP contribution in [0.25, 0.3) is 33.6 Å². The average molecular weight is 693 g/mol. The van der Waals surface area contributed by atoms with Gasteiger partial charge in [-0.25, -0.2) is 23.9 Å². The molecule has 5 aliphatic rings. The quantitative estimate of drug-likeness (QED) is 0.222. The topological polar surface area (TPSA) is 116 Å². The van der Waals surface area contributed by atoms with Crippen LogP contribution in [-0.4, -0.2) is 65.2 Å². The molecule has 0 spiro atoms. The third-order valence-electron chi connectivity index (χ3n) is 11.0. The molecule has 2 amide bonds. The lowest BCUT2D eigenvalue weighted by molar-refractivity contribution is 0.0164. The molecule has 51 heavy (non-hydrogen) atoms. The first kappa shape index (κ1) is 32.3. The summed E-state index contributed by atoms with van der Waals surface area (Å²) in [5, 5.41) is 0. The third kappa shape index (κ3) is 5.78. The number of H-pyrrole nitrogens is 2. The molecule has 9 rings (SSSR count). The van der Waals surface area contributed by atoms with Gasteiger partial charge in [-0.1, -0.05) is 24.3 Å². The van der Waals surface area contributed by atoms with Crippen LogP contribution in [0.4, 0.5) is 14.0 Å². The van der Waals surface area contributed by atoms with Crippen LogP contribution in [0, 0.1) is 17.7 Å². The van der Waals surface area contributed by atoms with Crippen molar-refractivity contribution < 1.29 is 23.5 Å². The Labute approximate surface area is 297 Å². The number of hydrogen-bond donors (Lipinski definition) is 2. The maximum absolute atomic E-state index is 15.8. The van der Waals surface area contributed by atoms with Gasteiger partial charge in [0.05, 0.1) is 29.7 Å². The Bertz CT molecular complexity index is 2070. The van der Waals surface area contributed by atoms with E-state index in [0.717, 1.165) is 72.4 Å². The Balaban J connectivity index is 0.931. The van der Waals surface area contributed by atoms with Crippen molar-refractivity contribution in [2.24, 2.45) is 11.8 Å². The zero-order valence-electron chi connectivity index (χ0n) is 30.0. The number of amides is 2. The molecule has 266 valence electrons. The fourth-order valence-corrected chi connectivity index (χ4v) is 8.57. The van der Waals surface area contributed by atoms with Gasteiger partial charge >= 0.3 is 12.2 Å². The minimum Gasteiger partial charge on any atom is -0.444 e. The first-order valence-corrected chi connectivity index (χ1v) is 18.3. The number of carbonyl (C=O) groups is 2. The van der Waals surface area contributed by atoms with Crippen molar-refractivity contribution in [3.05, 3.63) is 71.3 Å². The van der Waals surface area contributed by atoms with E-state index in [-0.39, 0.29) is 42.2 Å². The van der Waals surface area contributed by atoms with Crippen molar-refractivity contribution in [3.63, 3.8) is 0 Å². The number of likely N-dealkylation sites (tertiary alicyclic amines) is 2. The molecule has 6 atom stereocenters. The number of ether oxygens (including phenoxy) is 2. The van der Waals surface area contributed by atoms with E-state index in [1.54, 1.807) is 18.3 Å². The minimum absolute atomic E-state index is 0.114. The van der Waals surface area contributed by atoms with Gasteiger partial charge in [0.15, 0.2) is 0 Å². The highest BCUT2D eigenvalue weighted by molar-refractivity contribution is 5.77. The van der Waals surface area contributed by atoms with Gasteiger partial charge in [-0.05, 0) is 121 Å². The van der Waals surface area contributed by atoms with Crippen molar-refractivity contribution in [1.82, 2.24) is 29.7 Å². The fourth-order valence-electron chi connectivity index (χ4n) is 8.57. The second-order valence-corrected chi connectivity index (χ2v) is 17.1. The molecule has 0 unspecified atom stereocenters. The van der Waals surface area contributed by atoms with Crippen LogP contribution in [0.5, 0.6) is 0 Å². The Hall–Kier alpha value is -4.67. The van der Waals surface area contributed by atoms with E-state index in [4.69, 9.17) is 14.5 Å². The van der Waals surface area contributed by atoms with Crippen LogP contribution in [0.3, 0.4) is 0 Å². The number of aromatic amines is 2. The van der Waals surface area contributed by atoms with E-state index in [0.29, 0.717) is 28.9 Å². The fraction of sp³-hybridized carbons (Fsp3) is 0.500. The molecule has 0 bridgehead atoms. The molecule has 2 aliphatic heterocycles. The highest BCUT2D eigenvalue weighted by Gasteiger charge is 2.57. The molecule has 0 radical (unpaired) electrons. The number of carbonyl (C=O) groups excluding carboxylic acids is 2. The lowest BCUT2D eigenvalue weighted by atomic mass is 9.89. The number of fused-ring (bicyclic) bond motifs is 5. The molecule has 4 heterocycles. The molecule has 2 saturated heterocycles. The number of hydrogen-bond acceptors (Lipinski definition) is 6. The standard InChI is InChI=1S/C40H45FN6O4/c1-39(2,3)50-37(48)46-30-15-23(30)17-32(46)35-42-19-29(44-35)26-11-8-21(14-27(26)41)20-7-10-25-22(13-20)9-12-28-34(25)45-36(43-28)33-18-24-16-31(24)47(33)38(49)51-40(4,5)6/h7-8,10-11,13-14,19,23-24,30-33H,9,12,15-18H2,1-6H3,(H,42,44)(H,43,45)/t23-,24-,30-,31-,32+,33+/m1/s1. The molecule has 2 aromatic carbocycles. The summed E-state index contributed by atoms with van der Waals surface area (Å²) < 4.78 is 27.3. The van der Waals surface area contributed by atoms with E-state index in [9.17, 15) is 9.59 Å². The molecule has 3 aliphatic carbocycles. The number of nitrogens with one attached hydrogen (secondary N) is 2. The summed E-state index contributed by atoms with van der Waals surface area (Å²) in [4.78, 5) is 46.5. The molecular formula is C40H45FN6O4. The number of aromatic nitrogens is 4. The molecule has 4 aromatic rings. The zero-order valence-corrected chi connectivity index (χ0v) is 30.0. The highest BCUT2D eigenvalue weighted by Crippen LogP contribution is 2.55. The van der Waals surface area contributed by atoms with E-state index in [2.05, 4.69) is 27.1 Å². The molecular weight excluding hydrogens is 647 g/mol. The summed E-state index contributed by atoms with van der Waals surface area (Å²) in [6, 6.07) is 11.6. The second kappa shape index (κ2) is 11.2. The molecule has 2 N–H and O–H groups in total. The van der Waals surface area contributed by atoms with Crippen LogP contribution >= 0.6 is 0 Å². The number of piperidine rings is 2. The number of benzene rings is 2. The Kier molecular flexibility index (Phi) is 7.06. The number of aryl methyl sites for hydroxylation is 2. The molecule has 11 heteroatoms. The van der Waals surface area contributed by atoms with Gasteiger partial charge in [-0.2, -0.15) is 0 Å². The smallest absolute Gasteiger partial charge is 0.411 e. The maximum Gasteiger partial charge on any atom is 0.411 e. The first-order chi connectivity index (χ1) is 24.2. The average Bonchev–Trinajstić information content (AvgIpc) is 3.68. The summed E-state index contributed by atoms with van der Waals surface area (Å²) >= 11 is 0. The van der Waals surface area contributed by atoms with E-state index in [1.165, 1.54) is 5.56 Å². The predicted molar refractivity (Wildman–Crippen MR) is 189 cm³/mol. The van der Waals surface area contributed by atoms with E-state index in [1.807, 2.05) is 63.5 Å². The van der Waals surface area contributed by atoms with Gasteiger partial charge in [0.25, 0.3) is 0 Å². The summed E-state index contributed by atoms with van der Waals surface area (Å²) in [6.45, 7) is 11.3. The SMILES string of the molecule is CC(C)(C)OC(=O)N1[C@@H]2C[C@@H]2C[C@H]1c1ncc(-c2ccc(-c3ccc4c(c3)CCc3[nH]c([C@@H]5C[C@H]6C[C@H]6N5C(=O)OC(C)(C)C)nc3-4)cc2F)[nH]1.